The highest BCUT2D eigenvalue weighted by atomic mass is 35.5. The zero-order valence-electron chi connectivity index (χ0n) is 10.1. The van der Waals surface area contributed by atoms with Crippen LogP contribution in [0.1, 0.15) is 26.5 Å². The van der Waals surface area contributed by atoms with Gasteiger partial charge >= 0.3 is 0 Å². The second kappa shape index (κ2) is 4.20. The molecule has 0 saturated carbocycles. The van der Waals surface area contributed by atoms with E-state index in [1.54, 1.807) is 28.6 Å². The maximum Gasteiger partial charge on any atom is 0.272 e. The molecule has 3 rings (SSSR count). The summed E-state index contributed by atoms with van der Waals surface area (Å²) >= 11 is 5.53. The fourth-order valence-corrected chi connectivity index (χ4v) is 2.42. The van der Waals surface area contributed by atoms with Crippen LogP contribution in [-0.2, 0) is 6.54 Å². The molecule has 1 aromatic carbocycles. The Bertz CT molecular complexity index is 693. The second-order valence-electron chi connectivity index (χ2n) is 4.36. The molecule has 1 amide bonds. The van der Waals surface area contributed by atoms with E-state index >= 15 is 0 Å². The number of hydrogen-bond acceptors (Lipinski definition) is 3. The topological polar surface area (TPSA) is 55.2 Å². The average Bonchev–Trinajstić information content (AvgIpc) is 2.77. The quantitative estimate of drug-likeness (QED) is 0.746. The van der Waals surface area contributed by atoms with Gasteiger partial charge in [-0.25, -0.2) is 4.98 Å². The van der Waals surface area contributed by atoms with Crippen molar-refractivity contribution in [2.45, 2.75) is 6.54 Å². The Hall–Kier alpha value is -2.14. The van der Waals surface area contributed by atoms with Gasteiger partial charge in [0, 0.05) is 7.05 Å². The summed E-state index contributed by atoms with van der Waals surface area (Å²) in [6.45, 7) is 0.293. The summed E-state index contributed by atoms with van der Waals surface area (Å²) in [7, 11) is 1.68. The van der Waals surface area contributed by atoms with E-state index in [4.69, 9.17) is 11.6 Å². The SMILES string of the molecule is CN1Cc2c(C(=O)Cl)ncn2-c2ccccc2C1=O. The summed E-state index contributed by atoms with van der Waals surface area (Å²) in [5, 5.41) is -0.617. The summed E-state index contributed by atoms with van der Waals surface area (Å²) in [5.41, 5.74) is 2.11. The van der Waals surface area contributed by atoms with Gasteiger partial charge in [-0.15, -0.1) is 0 Å². The highest BCUT2D eigenvalue weighted by Crippen LogP contribution is 2.25. The van der Waals surface area contributed by atoms with Gasteiger partial charge in [0.2, 0.25) is 0 Å². The molecule has 96 valence electrons. The highest BCUT2D eigenvalue weighted by Gasteiger charge is 2.27. The van der Waals surface area contributed by atoms with Gasteiger partial charge in [0.15, 0.2) is 0 Å². The van der Waals surface area contributed by atoms with E-state index in [9.17, 15) is 9.59 Å². The first kappa shape index (κ1) is 11.9. The van der Waals surface area contributed by atoms with Crippen LogP contribution in [0, 0.1) is 0 Å². The number of halogens is 1. The minimum absolute atomic E-state index is 0.0905. The normalized spacial score (nSPS) is 13.8. The zero-order valence-corrected chi connectivity index (χ0v) is 10.9. The molecule has 0 radical (unpaired) electrons. The number of hydrogen-bond donors (Lipinski definition) is 0. The lowest BCUT2D eigenvalue weighted by Crippen LogP contribution is -2.25. The van der Waals surface area contributed by atoms with Crippen LogP contribution in [0.3, 0.4) is 0 Å². The van der Waals surface area contributed by atoms with E-state index in [1.165, 1.54) is 6.33 Å². The standard InChI is InChI=1S/C13H10ClN3O2/c1-16-6-10-11(12(14)18)15-7-17(10)9-5-3-2-4-8(9)13(16)19/h2-5,7H,6H2,1H3. The first-order valence-electron chi connectivity index (χ1n) is 5.70. The van der Waals surface area contributed by atoms with Crippen molar-refractivity contribution in [3.05, 3.63) is 47.5 Å². The van der Waals surface area contributed by atoms with Gasteiger partial charge in [-0.1, -0.05) is 12.1 Å². The highest BCUT2D eigenvalue weighted by molar-refractivity contribution is 6.67. The van der Waals surface area contributed by atoms with E-state index in [0.717, 1.165) is 0 Å². The van der Waals surface area contributed by atoms with Crippen LogP contribution < -0.4 is 0 Å². The van der Waals surface area contributed by atoms with E-state index < -0.39 is 5.24 Å². The second-order valence-corrected chi connectivity index (χ2v) is 4.71. The number of benzene rings is 1. The lowest BCUT2D eigenvalue weighted by Gasteiger charge is -2.13. The van der Waals surface area contributed by atoms with Gasteiger partial charge < -0.3 is 4.90 Å². The molecule has 5 nitrogen and oxygen atoms in total. The third-order valence-corrected chi connectivity index (χ3v) is 3.36. The minimum atomic E-state index is -0.617. The minimum Gasteiger partial charge on any atom is -0.336 e. The Labute approximate surface area is 114 Å². The molecule has 1 aliphatic rings. The molecular weight excluding hydrogens is 266 g/mol. The number of fused-ring (bicyclic) bond motifs is 3. The van der Waals surface area contributed by atoms with Crippen LogP contribution in [0.4, 0.5) is 0 Å². The molecule has 1 aromatic heterocycles. The first-order valence-corrected chi connectivity index (χ1v) is 6.08. The van der Waals surface area contributed by atoms with Gasteiger partial charge in [-0.3, -0.25) is 14.2 Å². The van der Waals surface area contributed by atoms with E-state index in [2.05, 4.69) is 4.98 Å². The van der Waals surface area contributed by atoms with Crippen LogP contribution in [0.25, 0.3) is 5.69 Å². The van der Waals surface area contributed by atoms with Gasteiger partial charge in [0.05, 0.1) is 23.5 Å². The van der Waals surface area contributed by atoms with Gasteiger partial charge in [-0.05, 0) is 23.7 Å². The average molecular weight is 276 g/mol. The Kier molecular flexibility index (Phi) is 2.64. The van der Waals surface area contributed by atoms with Crippen molar-refractivity contribution >= 4 is 22.8 Å². The predicted molar refractivity (Wildman–Crippen MR) is 69.5 cm³/mol. The third kappa shape index (κ3) is 1.74. The molecule has 0 saturated heterocycles. The largest absolute Gasteiger partial charge is 0.336 e. The van der Waals surface area contributed by atoms with Crippen LogP contribution in [0.15, 0.2) is 30.6 Å². The smallest absolute Gasteiger partial charge is 0.272 e. The Balaban J connectivity index is 2.31. The summed E-state index contributed by atoms with van der Waals surface area (Å²) in [6.07, 6.45) is 1.52. The van der Waals surface area contributed by atoms with Crippen LogP contribution in [0.2, 0.25) is 0 Å². The monoisotopic (exact) mass is 275 g/mol. The van der Waals surface area contributed by atoms with Crippen molar-refractivity contribution in [1.82, 2.24) is 14.5 Å². The lowest BCUT2D eigenvalue weighted by molar-refractivity contribution is 0.0786. The van der Waals surface area contributed by atoms with Crippen molar-refractivity contribution < 1.29 is 9.59 Å². The van der Waals surface area contributed by atoms with Crippen molar-refractivity contribution in [1.29, 1.82) is 0 Å². The number of carbonyl (C=O) groups excluding carboxylic acids is 2. The van der Waals surface area contributed by atoms with Gasteiger partial charge in [0.1, 0.15) is 12.0 Å². The number of rotatable bonds is 1. The van der Waals surface area contributed by atoms with Crippen molar-refractivity contribution in [3.63, 3.8) is 0 Å². The Morgan fingerprint density at radius 3 is 2.84 bits per heavy atom. The number of aromatic nitrogens is 2. The lowest BCUT2D eigenvalue weighted by atomic mass is 10.1. The van der Waals surface area contributed by atoms with Crippen molar-refractivity contribution in [2.75, 3.05) is 7.05 Å². The summed E-state index contributed by atoms with van der Waals surface area (Å²) < 4.78 is 1.74. The van der Waals surface area contributed by atoms with E-state index in [1.807, 2.05) is 12.1 Å². The first-order chi connectivity index (χ1) is 9.09. The van der Waals surface area contributed by atoms with Gasteiger partial charge in [-0.2, -0.15) is 0 Å². The fourth-order valence-electron chi connectivity index (χ4n) is 2.26. The van der Waals surface area contributed by atoms with Crippen LogP contribution in [0.5, 0.6) is 0 Å². The third-order valence-electron chi connectivity index (χ3n) is 3.18. The number of para-hydroxylation sites is 1. The maximum absolute atomic E-state index is 12.3. The maximum atomic E-state index is 12.3. The molecule has 19 heavy (non-hydrogen) atoms. The molecule has 2 heterocycles. The molecule has 0 bridgehead atoms. The molecule has 6 heteroatoms. The van der Waals surface area contributed by atoms with E-state index in [-0.39, 0.29) is 11.6 Å². The molecule has 0 unspecified atom stereocenters. The summed E-state index contributed by atoms with van der Waals surface area (Å²) in [6, 6.07) is 7.22. The van der Waals surface area contributed by atoms with Crippen LogP contribution in [-0.4, -0.2) is 32.6 Å². The number of nitrogens with zero attached hydrogens (tertiary/aromatic N) is 3. The molecule has 0 N–H and O–H groups in total. The molecule has 2 aromatic rings. The number of carbonyl (C=O) groups is 2. The number of amides is 1. The molecule has 0 atom stereocenters. The fraction of sp³-hybridized carbons (Fsp3) is 0.154. The summed E-state index contributed by atoms with van der Waals surface area (Å²) in [5.74, 6) is -0.0905. The van der Waals surface area contributed by atoms with Crippen LogP contribution >= 0.6 is 11.6 Å². The van der Waals surface area contributed by atoms with Crippen molar-refractivity contribution in [3.8, 4) is 5.69 Å². The number of imidazole rings is 1. The molecule has 1 aliphatic heterocycles. The molecular formula is C13H10ClN3O2. The molecule has 0 spiro atoms. The Morgan fingerprint density at radius 1 is 1.37 bits per heavy atom. The summed E-state index contributed by atoms with van der Waals surface area (Å²) in [4.78, 5) is 29.2. The predicted octanol–water partition coefficient (Wildman–Crippen LogP) is 1.84. The van der Waals surface area contributed by atoms with Crippen molar-refractivity contribution in [2.24, 2.45) is 0 Å². The zero-order chi connectivity index (χ0) is 13.6. The molecule has 0 aliphatic carbocycles. The van der Waals surface area contributed by atoms with Gasteiger partial charge in [0.25, 0.3) is 11.1 Å². The Morgan fingerprint density at radius 2 is 2.11 bits per heavy atom. The molecule has 0 fully saturated rings. The van der Waals surface area contributed by atoms with E-state index in [0.29, 0.717) is 23.5 Å².